The van der Waals surface area contributed by atoms with Gasteiger partial charge in [0.25, 0.3) is 0 Å². The molecule has 0 spiro atoms. The highest BCUT2D eigenvalue weighted by molar-refractivity contribution is 5.79. The summed E-state index contributed by atoms with van der Waals surface area (Å²) >= 11 is 0. The van der Waals surface area contributed by atoms with Gasteiger partial charge in [-0.3, -0.25) is 14.4 Å². The molecular formula is C24H36N4O. The fourth-order valence-corrected chi connectivity index (χ4v) is 4.08. The van der Waals surface area contributed by atoms with E-state index >= 15 is 0 Å². The molecule has 5 nitrogen and oxygen atoms in total. The van der Waals surface area contributed by atoms with Crippen molar-refractivity contribution in [2.24, 2.45) is 5.92 Å². The maximum atomic E-state index is 12.5. The van der Waals surface area contributed by atoms with Crippen molar-refractivity contribution < 1.29 is 4.79 Å². The molecule has 1 N–H and O–H groups in total. The van der Waals surface area contributed by atoms with Gasteiger partial charge in [0.15, 0.2) is 0 Å². The van der Waals surface area contributed by atoms with Crippen molar-refractivity contribution in [3.8, 4) is 0 Å². The minimum atomic E-state index is 0.0534. The molecule has 2 heterocycles. The average Bonchev–Trinajstić information content (AvgIpc) is 2.95. The largest absolute Gasteiger partial charge is 0.352 e. The van der Waals surface area contributed by atoms with Crippen molar-refractivity contribution >= 4 is 5.91 Å². The molecular weight excluding hydrogens is 360 g/mol. The SMILES string of the molecule is Cc1nn(CC(C)C)c(C)c1CC(=O)NCc1ccc(CN2CCCCC2)cc1. The standard InChI is InChI=1S/C24H36N4O/c1-18(2)16-28-20(4)23(19(3)26-28)14-24(29)25-15-21-8-10-22(11-9-21)17-27-12-6-5-7-13-27/h8-11,18H,5-7,12-17H2,1-4H3,(H,25,29). The molecule has 0 unspecified atom stereocenters. The molecule has 0 saturated carbocycles. The number of hydrogen-bond acceptors (Lipinski definition) is 3. The number of carbonyl (C=O) groups excluding carboxylic acids is 1. The van der Waals surface area contributed by atoms with Crippen LogP contribution in [0.2, 0.25) is 0 Å². The van der Waals surface area contributed by atoms with Gasteiger partial charge in [0.2, 0.25) is 5.91 Å². The van der Waals surface area contributed by atoms with Gasteiger partial charge in [-0.05, 0) is 56.8 Å². The van der Waals surface area contributed by atoms with E-state index in [1.807, 2.05) is 11.6 Å². The zero-order valence-corrected chi connectivity index (χ0v) is 18.5. The number of carbonyl (C=O) groups is 1. The Labute approximate surface area is 175 Å². The van der Waals surface area contributed by atoms with E-state index in [1.165, 1.54) is 37.9 Å². The van der Waals surface area contributed by atoms with E-state index in [0.29, 0.717) is 18.9 Å². The Kier molecular flexibility index (Phi) is 7.48. The minimum Gasteiger partial charge on any atom is -0.352 e. The molecule has 1 aromatic heterocycles. The Bertz CT molecular complexity index is 801. The maximum Gasteiger partial charge on any atom is 0.224 e. The van der Waals surface area contributed by atoms with Crippen LogP contribution in [0, 0.1) is 19.8 Å². The molecule has 1 saturated heterocycles. The smallest absolute Gasteiger partial charge is 0.224 e. The number of amides is 1. The topological polar surface area (TPSA) is 50.2 Å². The molecule has 0 atom stereocenters. The zero-order chi connectivity index (χ0) is 20.8. The highest BCUT2D eigenvalue weighted by Gasteiger charge is 2.15. The van der Waals surface area contributed by atoms with Crippen LogP contribution >= 0.6 is 0 Å². The lowest BCUT2D eigenvalue weighted by atomic mass is 10.1. The fraction of sp³-hybridized carbons (Fsp3) is 0.583. The Morgan fingerprint density at radius 3 is 2.38 bits per heavy atom. The van der Waals surface area contributed by atoms with Crippen LogP contribution in [0.3, 0.4) is 0 Å². The first kappa shape index (κ1) is 21.6. The lowest BCUT2D eigenvalue weighted by Crippen LogP contribution is -2.29. The number of nitrogens with one attached hydrogen (secondary N) is 1. The molecule has 5 heteroatoms. The summed E-state index contributed by atoms with van der Waals surface area (Å²) in [6.45, 7) is 13.3. The Morgan fingerprint density at radius 2 is 1.72 bits per heavy atom. The Morgan fingerprint density at radius 1 is 1.07 bits per heavy atom. The molecule has 29 heavy (non-hydrogen) atoms. The molecule has 0 bridgehead atoms. The number of hydrogen-bond donors (Lipinski definition) is 1. The summed E-state index contributed by atoms with van der Waals surface area (Å²) in [7, 11) is 0. The molecule has 0 aliphatic carbocycles. The number of aromatic nitrogens is 2. The predicted molar refractivity (Wildman–Crippen MR) is 118 cm³/mol. The number of rotatable bonds is 8. The van der Waals surface area contributed by atoms with Crippen LogP contribution in [-0.2, 0) is 30.8 Å². The van der Waals surface area contributed by atoms with Gasteiger partial charge in [-0.2, -0.15) is 5.10 Å². The molecule has 158 valence electrons. The zero-order valence-electron chi connectivity index (χ0n) is 18.5. The summed E-state index contributed by atoms with van der Waals surface area (Å²) in [6, 6.07) is 8.66. The van der Waals surface area contributed by atoms with E-state index in [0.717, 1.165) is 35.6 Å². The first-order valence-electron chi connectivity index (χ1n) is 11.0. The van der Waals surface area contributed by atoms with Crippen molar-refractivity contribution in [2.75, 3.05) is 13.1 Å². The van der Waals surface area contributed by atoms with Gasteiger partial charge in [0.05, 0.1) is 12.1 Å². The van der Waals surface area contributed by atoms with Gasteiger partial charge < -0.3 is 5.32 Å². The van der Waals surface area contributed by atoms with Gasteiger partial charge in [0.1, 0.15) is 0 Å². The van der Waals surface area contributed by atoms with Crippen LogP contribution in [0.4, 0.5) is 0 Å². The summed E-state index contributed by atoms with van der Waals surface area (Å²) in [6.07, 6.45) is 4.40. The second-order valence-electron chi connectivity index (χ2n) is 8.83. The third-order valence-electron chi connectivity index (χ3n) is 5.77. The molecule has 1 aliphatic heterocycles. The lowest BCUT2D eigenvalue weighted by Gasteiger charge is -2.26. The molecule has 1 aromatic carbocycles. The van der Waals surface area contributed by atoms with Crippen LogP contribution in [0.1, 0.15) is 61.2 Å². The molecule has 1 aliphatic rings. The first-order valence-corrected chi connectivity index (χ1v) is 11.0. The number of piperidine rings is 1. The molecule has 2 aromatic rings. The molecule has 1 amide bonds. The van der Waals surface area contributed by atoms with Crippen molar-refractivity contribution in [3.05, 3.63) is 52.3 Å². The van der Waals surface area contributed by atoms with Gasteiger partial charge >= 0.3 is 0 Å². The third kappa shape index (κ3) is 6.17. The summed E-state index contributed by atoms with van der Waals surface area (Å²) in [5.41, 5.74) is 5.62. The van der Waals surface area contributed by atoms with E-state index in [4.69, 9.17) is 0 Å². The van der Waals surface area contributed by atoms with Gasteiger partial charge in [0, 0.05) is 30.9 Å². The fourth-order valence-electron chi connectivity index (χ4n) is 4.08. The van der Waals surface area contributed by atoms with Crippen molar-refractivity contribution in [2.45, 2.75) is 73.0 Å². The van der Waals surface area contributed by atoms with E-state index < -0.39 is 0 Å². The molecule has 3 rings (SSSR count). The maximum absolute atomic E-state index is 12.5. The van der Waals surface area contributed by atoms with Crippen LogP contribution < -0.4 is 5.32 Å². The van der Waals surface area contributed by atoms with Crippen LogP contribution in [0.5, 0.6) is 0 Å². The van der Waals surface area contributed by atoms with Crippen molar-refractivity contribution in [3.63, 3.8) is 0 Å². The summed E-state index contributed by atoms with van der Waals surface area (Å²) in [5, 5.41) is 7.68. The van der Waals surface area contributed by atoms with Crippen LogP contribution in [0.25, 0.3) is 0 Å². The van der Waals surface area contributed by atoms with Gasteiger partial charge in [-0.25, -0.2) is 0 Å². The number of aryl methyl sites for hydroxylation is 1. The minimum absolute atomic E-state index is 0.0534. The highest BCUT2D eigenvalue weighted by Crippen LogP contribution is 2.16. The number of likely N-dealkylation sites (tertiary alicyclic amines) is 1. The Hall–Kier alpha value is -2.14. The summed E-state index contributed by atoms with van der Waals surface area (Å²) < 4.78 is 2.03. The van der Waals surface area contributed by atoms with E-state index in [9.17, 15) is 4.79 Å². The monoisotopic (exact) mass is 396 g/mol. The number of benzene rings is 1. The second kappa shape index (κ2) is 10.1. The van der Waals surface area contributed by atoms with E-state index in [2.05, 4.69) is 60.4 Å². The van der Waals surface area contributed by atoms with E-state index in [-0.39, 0.29) is 5.91 Å². The quantitative estimate of drug-likeness (QED) is 0.734. The van der Waals surface area contributed by atoms with Crippen molar-refractivity contribution in [1.29, 1.82) is 0 Å². The first-order chi connectivity index (χ1) is 13.9. The van der Waals surface area contributed by atoms with Gasteiger partial charge in [-0.15, -0.1) is 0 Å². The third-order valence-corrected chi connectivity index (χ3v) is 5.77. The summed E-state index contributed by atoms with van der Waals surface area (Å²) in [5.74, 6) is 0.588. The predicted octanol–water partition coefficient (Wildman–Crippen LogP) is 4.00. The molecule has 0 radical (unpaired) electrons. The second-order valence-corrected chi connectivity index (χ2v) is 8.83. The van der Waals surface area contributed by atoms with E-state index in [1.54, 1.807) is 0 Å². The van der Waals surface area contributed by atoms with Crippen LogP contribution in [0.15, 0.2) is 24.3 Å². The molecule has 1 fully saturated rings. The van der Waals surface area contributed by atoms with Crippen LogP contribution in [-0.4, -0.2) is 33.7 Å². The summed E-state index contributed by atoms with van der Waals surface area (Å²) in [4.78, 5) is 15.0. The lowest BCUT2D eigenvalue weighted by molar-refractivity contribution is -0.120. The normalized spacial score (nSPS) is 15.1. The average molecular weight is 397 g/mol. The highest BCUT2D eigenvalue weighted by atomic mass is 16.1. The Balaban J connectivity index is 1.50. The van der Waals surface area contributed by atoms with Crippen molar-refractivity contribution in [1.82, 2.24) is 20.0 Å². The number of nitrogens with zero attached hydrogens (tertiary/aromatic N) is 3. The van der Waals surface area contributed by atoms with Gasteiger partial charge in [-0.1, -0.05) is 44.5 Å².